The fraction of sp³-hybridized carbons (Fsp3) is 0.263. The number of Topliss-reactive ketones (excluding diaryl/α,β-unsaturated/α-hetero) is 1. The van der Waals surface area contributed by atoms with Gasteiger partial charge in [-0.05, 0) is 24.1 Å². The van der Waals surface area contributed by atoms with Crippen LogP contribution < -0.4 is 5.32 Å². The largest absolute Gasteiger partial charge is 0.326 e. The van der Waals surface area contributed by atoms with E-state index in [1.807, 2.05) is 54.6 Å². The highest BCUT2D eigenvalue weighted by atomic mass is 16.2. The van der Waals surface area contributed by atoms with Gasteiger partial charge >= 0.3 is 0 Å². The maximum absolute atomic E-state index is 12.1. The molecule has 0 aliphatic carbocycles. The summed E-state index contributed by atoms with van der Waals surface area (Å²) in [6.45, 7) is 2.13. The number of benzene rings is 2. The molecule has 0 unspecified atom stereocenters. The molecule has 0 saturated carbocycles. The summed E-state index contributed by atoms with van der Waals surface area (Å²) in [4.78, 5) is 23.9. The Hall–Kier alpha value is -2.42. The lowest BCUT2D eigenvalue weighted by Gasteiger charge is -2.05. The molecule has 2 aromatic carbocycles. The van der Waals surface area contributed by atoms with Crippen molar-refractivity contribution in [1.82, 2.24) is 0 Å². The van der Waals surface area contributed by atoms with E-state index in [1.54, 1.807) is 0 Å². The normalized spacial score (nSPS) is 10.2. The van der Waals surface area contributed by atoms with Gasteiger partial charge < -0.3 is 5.32 Å². The van der Waals surface area contributed by atoms with Crippen molar-refractivity contribution in [1.29, 1.82) is 0 Å². The van der Waals surface area contributed by atoms with Crippen LogP contribution in [0, 0.1) is 0 Å². The highest BCUT2D eigenvalue weighted by molar-refractivity contribution is 6.00. The number of hydrogen-bond acceptors (Lipinski definition) is 2. The van der Waals surface area contributed by atoms with Gasteiger partial charge in [0.1, 0.15) is 0 Å². The van der Waals surface area contributed by atoms with Gasteiger partial charge in [0.25, 0.3) is 0 Å². The van der Waals surface area contributed by atoms with Gasteiger partial charge in [0.05, 0.1) is 0 Å². The molecule has 0 aromatic heterocycles. The van der Waals surface area contributed by atoms with Gasteiger partial charge in [-0.25, -0.2) is 0 Å². The zero-order valence-electron chi connectivity index (χ0n) is 12.8. The standard InChI is InChI=1S/C19H21NO2/c1-2-6-15-9-11-16(12-10-15)18(21)13-14-19(22)20-17-7-4-3-5-8-17/h3-5,7-12H,2,6,13-14H2,1H3,(H,20,22). The van der Waals surface area contributed by atoms with Crippen molar-refractivity contribution in [3.63, 3.8) is 0 Å². The smallest absolute Gasteiger partial charge is 0.224 e. The van der Waals surface area contributed by atoms with Crippen LogP contribution in [-0.2, 0) is 11.2 Å². The molecule has 0 spiro atoms. The third-order valence-corrected chi connectivity index (χ3v) is 3.45. The van der Waals surface area contributed by atoms with Crippen LogP contribution in [0.3, 0.4) is 0 Å². The maximum Gasteiger partial charge on any atom is 0.224 e. The molecule has 114 valence electrons. The molecular formula is C19H21NO2. The quantitative estimate of drug-likeness (QED) is 0.776. The summed E-state index contributed by atoms with van der Waals surface area (Å²) in [6.07, 6.45) is 2.54. The molecule has 2 aromatic rings. The SMILES string of the molecule is CCCc1ccc(C(=O)CCC(=O)Nc2ccccc2)cc1. The Kier molecular flexibility index (Phi) is 5.90. The van der Waals surface area contributed by atoms with Gasteiger partial charge in [0.15, 0.2) is 5.78 Å². The first kappa shape index (κ1) is 16.0. The first-order valence-electron chi connectivity index (χ1n) is 7.66. The van der Waals surface area contributed by atoms with Crippen LogP contribution in [0.25, 0.3) is 0 Å². The zero-order chi connectivity index (χ0) is 15.8. The number of carbonyl (C=O) groups is 2. The monoisotopic (exact) mass is 295 g/mol. The van der Waals surface area contributed by atoms with Crippen LogP contribution in [0.4, 0.5) is 5.69 Å². The van der Waals surface area contributed by atoms with E-state index in [9.17, 15) is 9.59 Å². The maximum atomic E-state index is 12.1. The van der Waals surface area contributed by atoms with Crippen molar-refractivity contribution >= 4 is 17.4 Å². The van der Waals surface area contributed by atoms with E-state index in [4.69, 9.17) is 0 Å². The van der Waals surface area contributed by atoms with Crippen LogP contribution in [-0.4, -0.2) is 11.7 Å². The highest BCUT2D eigenvalue weighted by Crippen LogP contribution is 2.11. The first-order chi connectivity index (χ1) is 10.7. The number of para-hydroxylation sites is 1. The predicted octanol–water partition coefficient (Wildman–Crippen LogP) is 4.24. The average Bonchev–Trinajstić information content (AvgIpc) is 2.54. The molecule has 0 bridgehead atoms. The molecule has 0 aliphatic heterocycles. The summed E-state index contributed by atoms with van der Waals surface area (Å²) in [7, 11) is 0. The third kappa shape index (κ3) is 4.85. The fourth-order valence-electron chi connectivity index (χ4n) is 2.26. The Balaban J connectivity index is 1.83. The van der Waals surface area contributed by atoms with Gasteiger partial charge in [-0.1, -0.05) is 55.8 Å². The van der Waals surface area contributed by atoms with Crippen molar-refractivity contribution in [2.45, 2.75) is 32.6 Å². The Morgan fingerprint density at radius 3 is 2.23 bits per heavy atom. The summed E-state index contributed by atoms with van der Waals surface area (Å²) in [5, 5.41) is 2.78. The molecule has 1 N–H and O–H groups in total. The van der Waals surface area contributed by atoms with Crippen LogP contribution in [0.15, 0.2) is 54.6 Å². The highest BCUT2D eigenvalue weighted by Gasteiger charge is 2.09. The van der Waals surface area contributed by atoms with Crippen molar-refractivity contribution in [2.24, 2.45) is 0 Å². The third-order valence-electron chi connectivity index (χ3n) is 3.45. The Bertz CT molecular complexity index is 618. The average molecular weight is 295 g/mol. The molecule has 22 heavy (non-hydrogen) atoms. The van der Waals surface area contributed by atoms with E-state index in [2.05, 4.69) is 12.2 Å². The number of rotatable bonds is 7. The molecular weight excluding hydrogens is 274 g/mol. The number of anilines is 1. The Morgan fingerprint density at radius 1 is 0.909 bits per heavy atom. The summed E-state index contributed by atoms with van der Waals surface area (Å²) in [5.41, 5.74) is 2.66. The Labute approximate surface area is 131 Å². The number of nitrogens with one attached hydrogen (secondary N) is 1. The second-order valence-electron chi connectivity index (χ2n) is 5.28. The van der Waals surface area contributed by atoms with Gasteiger partial charge in [-0.3, -0.25) is 9.59 Å². The van der Waals surface area contributed by atoms with E-state index in [0.29, 0.717) is 5.56 Å². The van der Waals surface area contributed by atoms with E-state index < -0.39 is 0 Å². The molecule has 0 saturated heterocycles. The van der Waals surface area contributed by atoms with Gasteiger partial charge in [-0.2, -0.15) is 0 Å². The lowest BCUT2D eigenvalue weighted by atomic mass is 10.0. The van der Waals surface area contributed by atoms with Crippen molar-refractivity contribution in [3.8, 4) is 0 Å². The number of aryl methyl sites for hydroxylation is 1. The summed E-state index contributed by atoms with van der Waals surface area (Å²) < 4.78 is 0. The molecule has 3 heteroatoms. The molecule has 0 heterocycles. The number of hydrogen-bond donors (Lipinski definition) is 1. The lowest BCUT2D eigenvalue weighted by molar-refractivity contribution is -0.116. The second-order valence-corrected chi connectivity index (χ2v) is 5.28. The summed E-state index contributed by atoms with van der Waals surface area (Å²) >= 11 is 0. The molecule has 3 nitrogen and oxygen atoms in total. The Morgan fingerprint density at radius 2 is 1.59 bits per heavy atom. The van der Waals surface area contributed by atoms with Gasteiger partial charge in [0, 0.05) is 24.1 Å². The molecule has 0 atom stereocenters. The molecule has 0 fully saturated rings. The van der Waals surface area contributed by atoms with E-state index in [1.165, 1.54) is 5.56 Å². The first-order valence-corrected chi connectivity index (χ1v) is 7.66. The minimum atomic E-state index is -0.137. The number of carbonyl (C=O) groups excluding carboxylic acids is 2. The van der Waals surface area contributed by atoms with E-state index in [0.717, 1.165) is 18.5 Å². The second kappa shape index (κ2) is 8.13. The number of amides is 1. The van der Waals surface area contributed by atoms with Gasteiger partial charge in [-0.15, -0.1) is 0 Å². The fourth-order valence-corrected chi connectivity index (χ4v) is 2.26. The molecule has 2 rings (SSSR count). The summed E-state index contributed by atoms with van der Waals surface area (Å²) in [6, 6.07) is 16.9. The summed E-state index contributed by atoms with van der Waals surface area (Å²) in [5.74, 6) is -0.131. The molecule has 0 aliphatic rings. The van der Waals surface area contributed by atoms with Crippen molar-refractivity contribution in [3.05, 3.63) is 65.7 Å². The van der Waals surface area contributed by atoms with Crippen LogP contribution in [0.5, 0.6) is 0 Å². The van der Waals surface area contributed by atoms with Gasteiger partial charge in [0.2, 0.25) is 5.91 Å². The molecule has 0 radical (unpaired) electrons. The lowest BCUT2D eigenvalue weighted by Crippen LogP contribution is -2.13. The topological polar surface area (TPSA) is 46.2 Å². The minimum absolute atomic E-state index is 0.00580. The van der Waals surface area contributed by atoms with Crippen molar-refractivity contribution < 1.29 is 9.59 Å². The predicted molar refractivity (Wildman–Crippen MR) is 89.1 cm³/mol. The van der Waals surface area contributed by atoms with E-state index in [-0.39, 0.29) is 24.5 Å². The zero-order valence-corrected chi connectivity index (χ0v) is 12.8. The van der Waals surface area contributed by atoms with Crippen molar-refractivity contribution in [2.75, 3.05) is 5.32 Å². The van der Waals surface area contributed by atoms with E-state index >= 15 is 0 Å². The van der Waals surface area contributed by atoms with Crippen LogP contribution in [0.2, 0.25) is 0 Å². The van der Waals surface area contributed by atoms with Crippen LogP contribution in [0.1, 0.15) is 42.1 Å². The minimum Gasteiger partial charge on any atom is -0.326 e. The number of ketones is 1. The molecule has 1 amide bonds. The van der Waals surface area contributed by atoms with Crippen LogP contribution >= 0.6 is 0 Å².